The van der Waals surface area contributed by atoms with Crippen LogP contribution in [-0.2, 0) is 6.54 Å². The van der Waals surface area contributed by atoms with Gasteiger partial charge in [-0.25, -0.2) is 9.98 Å². The predicted molar refractivity (Wildman–Crippen MR) is 105 cm³/mol. The lowest BCUT2D eigenvalue weighted by atomic mass is 10.1. The zero-order valence-corrected chi connectivity index (χ0v) is 16.2. The largest absolute Gasteiger partial charge is 0.481 e. The lowest BCUT2D eigenvalue weighted by molar-refractivity contribution is 0.181. The summed E-state index contributed by atoms with van der Waals surface area (Å²) in [6.45, 7) is 3.31. The van der Waals surface area contributed by atoms with Gasteiger partial charge in [-0.1, -0.05) is 29.3 Å². The molecule has 0 spiro atoms. The van der Waals surface area contributed by atoms with Crippen LogP contribution in [0.5, 0.6) is 5.88 Å². The maximum Gasteiger partial charge on any atom is 0.218 e. The highest BCUT2D eigenvalue weighted by Crippen LogP contribution is 2.23. The highest BCUT2D eigenvalue weighted by molar-refractivity contribution is 6.34. The molecule has 2 aromatic rings. The fraction of sp³-hybridized carbons (Fsp3) is 0.333. The van der Waals surface area contributed by atoms with Gasteiger partial charge in [0, 0.05) is 34.9 Å². The van der Waals surface area contributed by atoms with Gasteiger partial charge in [0.15, 0.2) is 5.96 Å². The van der Waals surface area contributed by atoms with Gasteiger partial charge in [0.1, 0.15) is 0 Å². The van der Waals surface area contributed by atoms with E-state index in [2.05, 4.69) is 20.6 Å². The van der Waals surface area contributed by atoms with E-state index in [0.717, 1.165) is 5.56 Å². The van der Waals surface area contributed by atoms with Crippen LogP contribution in [0.2, 0.25) is 10.0 Å². The van der Waals surface area contributed by atoms with Crippen molar-refractivity contribution < 1.29 is 9.84 Å². The van der Waals surface area contributed by atoms with Crippen LogP contribution in [0.4, 0.5) is 0 Å². The zero-order valence-electron chi connectivity index (χ0n) is 14.7. The number of ether oxygens (including phenoxy) is 1. The SMILES string of the molecule is CCNC(=NCc1cccnc1OC)NCC(O)c1cc(Cl)cc(Cl)c1. The first-order valence-electron chi connectivity index (χ1n) is 8.17. The predicted octanol–water partition coefficient (Wildman–Crippen LogP) is 3.19. The van der Waals surface area contributed by atoms with Gasteiger partial charge in [0.05, 0.1) is 19.8 Å². The Hall–Kier alpha value is -2.02. The summed E-state index contributed by atoms with van der Waals surface area (Å²) in [5, 5.41) is 17.6. The molecule has 1 unspecified atom stereocenters. The minimum absolute atomic E-state index is 0.257. The standard InChI is InChI=1S/C18H22Cl2N4O2/c1-3-21-18(23-10-12-5-4-6-22-17(12)26-2)24-11-16(25)13-7-14(19)9-15(20)8-13/h4-9,16,25H,3,10-11H2,1-2H3,(H2,21,23,24). The van der Waals surface area contributed by atoms with Gasteiger partial charge in [0.2, 0.25) is 5.88 Å². The number of aliphatic hydroxyl groups excluding tert-OH is 1. The second kappa shape index (κ2) is 10.2. The molecule has 140 valence electrons. The molecule has 2 rings (SSSR count). The summed E-state index contributed by atoms with van der Waals surface area (Å²) in [6, 6.07) is 8.73. The molecule has 1 aromatic carbocycles. The normalized spacial score (nSPS) is 12.6. The molecule has 1 atom stereocenters. The Balaban J connectivity index is 2.02. The highest BCUT2D eigenvalue weighted by Gasteiger charge is 2.11. The van der Waals surface area contributed by atoms with Crippen LogP contribution in [0, 0.1) is 0 Å². The van der Waals surface area contributed by atoms with Gasteiger partial charge in [-0.2, -0.15) is 0 Å². The molecule has 6 nitrogen and oxygen atoms in total. The number of aromatic nitrogens is 1. The molecular weight excluding hydrogens is 375 g/mol. The summed E-state index contributed by atoms with van der Waals surface area (Å²) in [7, 11) is 1.57. The Morgan fingerprint density at radius 2 is 2.00 bits per heavy atom. The first kappa shape index (κ1) is 20.3. The number of nitrogens with one attached hydrogen (secondary N) is 2. The number of nitrogens with zero attached hydrogens (tertiary/aromatic N) is 2. The monoisotopic (exact) mass is 396 g/mol. The summed E-state index contributed by atoms with van der Waals surface area (Å²) in [4.78, 5) is 8.66. The van der Waals surface area contributed by atoms with Crippen LogP contribution in [0.1, 0.15) is 24.2 Å². The first-order chi connectivity index (χ1) is 12.5. The smallest absolute Gasteiger partial charge is 0.218 e. The molecule has 0 saturated carbocycles. The van der Waals surface area contributed by atoms with E-state index < -0.39 is 6.10 Å². The van der Waals surface area contributed by atoms with Gasteiger partial charge in [-0.05, 0) is 36.8 Å². The van der Waals surface area contributed by atoms with Crippen molar-refractivity contribution in [1.82, 2.24) is 15.6 Å². The molecule has 1 aromatic heterocycles. The third-order valence-electron chi connectivity index (χ3n) is 3.53. The zero-order chi connectivity index (χ0) is 18.9. The molecule has 8 heteroatoms. The van der Waals surface area contributed by atoms with Crippen molar-refractivity contribution in [1.29, 1.82) is 0 Å². The topological polar surface area (TPSA) is 78.8 Å². The third kappa shape index (κ3) is 6.05. The number of rotatable bonds is 7. The number of hydrogen-bond acceptors (Lipinski definition) is 4. The molecule has 1 heterocycles. The highest BCUT2D eigenvalue weighted by atomic mass is 35.5. The molecule has 26 heavy (non-hydrogen) atoms. The Morgan fingerprint density at radius 1 is 1.27 bits per heavy atom. The number of guanidine groups is 1. The number of aliphatic imine (C=N–C) groups is 1. The van der Waals surface area contributed by atoms with Crippen molar-refractivity contribution in [3.63, 3.8) is 0 Å². The number of methoxy groups -OCH3 is 1. The van der Waals surface area contributed by atoms with Crippen LogP contribution in [0.3, 0.4) is 0 Å². The molecule has 0 aliphatic carbocycles. The molecule has 0 saturated heterocycles. The first-order valence-corrected chi connectivity index (χ1v) is 8.93. The summed E-state index contributed by atoms with van der Waals surface area (Å²) >= 11 is 12.0. The van der Waals surface area contributed by atoms with Crippen molar-refractivity contribution in [3.05, 3.63) is 57.7 Å². The maximum absolute atomic E-state index is 10.4. The molecule has 3 N–H and O–H groups in total. The van der Waals surface area contributed by atoms with E-state index >= 15 is 0 Å². The van der Waals surface area contributed by atoms with E-state index in [1.54, 1.807) is 31.5 Å². The third-order valence-corrected chi connectivity index (χ3v) is 3.96. The maximum atomic E-state index is 10.4. The minimum Gasteiger partial charge on any atom is -0.481 e. The van der Waals surface area contributed by atoms with Crippen LogP contribution < -0.4 is 15.4 Å². The number of pyridine rings is 1. The van der Waals surface area contributed by atoms with E-state index in [9.17, 15) is 5.11 Å². The summed E-state index contributed by atoms with van der Waals surface area (Å²) in [5.41, 5.74) is 1.51. The molecule has 0 aliphatic rings. The lowest BCUT2D eigenvalue weighted by Gasteiger charge is -2.16. The van der Waals surface area contributed by atoms with E-state index in [4.69, 9.17) is 27.9 Å². The number of hydrogen-bond donors (Lipinski definition) is 3. The number of aliphatic hydroxyl groups is 1. The lowest BCUT2D eigenvalue weighted by Crippen LogP contribution is -2.39. The number of halogens is 2. The van der Waals surface area contributed by atoms with Crippen molar-refractivity contribution >= 4 is 29.2 Å². The van der Waals surface area contributed by atoms with Crippen LogP contribution in [0.15, 0.2) is 41.5 Å². The molecule has 0 amide bonds. The minimum atomic E-state index is -0.775. The van der Waals surface area contributed by atoms with Gasteiger partial charge < -0.3 is 20.5 Å². The molecule has 0 bridgehead atoms. The van der Waals surface area contributed by atoms with E-state index in [1.165, 1.54) is 0 Å². The summed E-state index contributed by atoms with van der Waals surface area (Å²) < 4.78 is 5.23. The van der Waals surface area contributed by atoms with Crippen molar-refractivity contribution in [2.24, 2.45) is 4.99 Å². The van der Waals surface area contributed by atoms with Crippen molar-refractivity contribution in [3.8, 4) is 5.88 Å². The second-order valence-electron chi connectivity index (χ2n) is 5.47. The van der Waals surface area contributed by atoms with Gasteiger partial charge >= 0.3 is 0 Å². The van der Waals surface area contributed by atoms with Crippen LogP contribution in [0.25, 0.3) is 0 Å². The van der Waals surface area contributed by atoms with Crippen LogP contribution >= 0.6 is 23.2 Å². The summed E-state index contributed by atoms with van der Waals surface area (Å²) in [5.74, 6) is 1.12. The van der Waals surface area contributed by atoms with E-state index in [-0.39, 0.29) is 6.54 Å². The Labute approximate surface area is 163 Å². The van der Waals surface area contributed by atoms with Gasteiger partial charge in [-0.15, -0.1) is 0 Å². The molecule has 0 radical (unpaired) electrons. The summed E-state index contributed by atoms with van der Waals surface area (Å²) in [6.07, 6.45) is 0.894. The fourth-order valence-electron chi connectivity index (χ4n) is 2.31. The molecular formula is C18H22Cl2N4O2. The van der Waals surface area contributed by atoms with Crippen molar-refractivity contribution in [2.75, 3.05) is 20.2 Å². The Kier molecular flexibility index (Phi) is 7.97. The number of benzene rings is 1. The van der Waals surface area contributed by atoms with Crippen LogP contribution in [-0.4, -0.2) is 36.2 Å². The average Bonchev–Trinajstić information content (AvgIpc) is 2.63. The van der Waals surface area contributed by atoms with Crippen molar-refractivity contribution in [2.45, 2.75) is 19.6 Å². The van der Waals surface area contributed by atoms with E-state index in [1.807, 2.05) is 19.1 Å². The fourth-order valence-corrected chi connectivity index (χ4v) is 2.86. The molecule has 0 fully saturated rings. The van der Waals surface area contributed by atoms with Gasteiger partial charge in [-0.3, -0.25) is 0 Å². The molecule has 0 aliphatic heterocycles. The average molecular weight is 397 g/mol. The Morgan fingerprint density at radius 3 is 2.65 bits per heavy atom. The quantitative estimate of drug-likeness (QED) is 0.494. The van der Waals surface area contributed by atoms with Gasteiger partial charge in [0.25, 0.3) is 0 Å². The van der Waals surface area contributed by atoms with E-state index in [0.29, 0.717) is 40.5 Å². The second-order valence-corrected chi connectivity index (χ2v) is 6.34. The Bertz CT molecular complexity index is 735.